The Hall–Kier alpha value is -0.660. The first-order valence-electron chi connectivity index (χ1n) is 7.96. The van der Waals surface area contributed by atoms with Gasteiger partial charge in [-0.2, -0.15) is 0 Å². The Labute approximate surface area is 126 Å². The highest BCUT2D eigenvalue weighted by Gasteiger charge is 2.34. The van der Waals surface area contributed by atoms with Crippen LogP contribution in [0.1, 0.15) is 25.7 Å². The molecule has 0 aromatic carbocycles. The Morgan fingerprint density at radius 3 is 2.81 bits per heavy atom. The molecule has 0 radical (unpaired) electrons. The molecule has 1 aliphatic carbocycles. The smallest absolute Gasteiger partial charge is 0.221 e. The van der Waals surface area contributed by atoms with Gasteiger partial charge >= 0.3 is 0 Å². The molecule has 2 N–H and O–H groups in total. The molecule has 2 aliphatic heterocycles. The molecule has 3 aliphatic rings. The van der Waals surface area contributed by atoms with Crippen molar-refractivity contribution in [2.45, 2.75) is 37.8 Å². The minimum absolute atomic E-state index is 0.0329. The molecule has 2 saturated heterocycles. The Morgan fingerprint density at radius 2 is 2.10 bits per heavy atom. The third-order valence-corrected chi connectivity index (χ3v) is 6.44. The highest BCUT2D eigenvalue weighted by atomic mass is 32.2. The van der Waals surface area contributed by atoms with Crippen molar-refractivity contribution in [1.82, 2.24) is 15.5 Å². The number of nitrogens with one attached hydrogen (secondary N) is 2. The highest BCUT2D eigenvalue weighted by Crippen LogP contribution is 2.31. The first-order chi connectivity index (χ1) is 10.0. The van der Waals surface area contributed by atoms with Crippen LogP contribution in [0.4, 0.5) is 0 Å². The molecule has 7 heteroatoms. The topological polar surface area (TPSA) is 78.5 Å². The Balaban J connectivity index is 1.36. The van der Waals surface area contributed by atoms with E-state index in [0.29, 0.717) is 12.5 Å². The van der Waals surface area contributed by atoms with Crippen molar-refractivity contribution >= 4 is 15.7 Å². The number of carbonyl (C=O) groups excluding carboxylic acids is 1. The molecule has 6 nitrogen and oxygen atoms in total. The normalized spacial score (nSPS) is 33.0. The molecule has 120 valence electrons. The van der Waals surface area contributed by atoms with Gasteiger partial charge in [0.15, 0.2) is 9.84 Å². The van der Waals surface area contributed by atoms with Gasteiger partial charge in [-0.25, -0.2) is 8.42 Å². The Bertz CT molecular complexity index is 490. The molecule has 21 heavy (non-hydrogen) atoms. The van der Waals surface area contributed by atoms with E-state index in [-0.39, 0.29) is 29.9 Å². The van der Waals surface area contributed by atoms with Gasteiger partial charge in [0.05, 0.1) is 11.5 Å². The van der Waals surface area contributed by atoms with Crippen LogP contribution >= 0.6 is 0 Å². The molecule has 0 bridgehead atoms. The molecule has 0 aromatic heterocycles. The van der Waals surface area contributed by atoms with Crippen LogP contribution in [0.15, 0.2) is 0 Å². The van der Waals surface area contributed by atoms with Crippen LogP contribution in [-0.4, -0.2) is 69.0 Å². The number of hydrogen-bond acceptors (Lipinski definition) is 5. The summed E-state index contributed by atoms with van der Waals surface area (Å²) >= 11 is 0. The van der Waals surface area contributed by atoms with E-state index in [0.717, 1.165) is 32.1 Å². The monoisotopic (exact) mass is 315 g/mol. The molecule has 2 unspecified atom stereocenters. The van der Waals surface area contributed by atoms with Crippen LogP contribution in [0.5, 0.6) is 0 Å². The van der Waals surface area contributed by atoms with E-state index in [9.17, 15) is 13.2 Å². The van der Waals surface area contributed by atoms with Gasteiger partial charge < -0.3 is 15.5 Å². The van der Waals surface area contributed by atoms with E-state index in [1.807, 2.05) is 0 Å². The van der Waals surface area contributed by atoms with Gasteiger partial charge in [-0.05, 0) is 31.7 Å². The minimum atomic E-state index is -2.97. The lowest BCUT2D eigenvalue weighted by Crippen LogP contribution is -2.47. The number of rotatable bonds is 5. The van der Waals surface area contributed by atoms with Crippen molar-refractivity contribution in [3.05, 3.63) is 0 Å². The van der Waals surface area contributed by atoms with E-state index in [1.165, 1.54) is 12.8 Å². The number of carbonyl (C=O) groups is 1. The van der Waals surface area contributed by atoms with Crippen LogP contribution in [0, 0.1) is 5.92 Å². The van der Waals surface area contributed by atoms with Crippen molar-refractivity contribution in [2.24, 2.45) is 5.92 Å². The van der Waals surface area contributed by atoms with Crippen molar-refractivity contribution in [1.29, 1.82) is 0 Å². The van der Waals surface area contributed by atoms with Gasteiger partial charge in [0, 0.05) is 38.1 Å². The predicted octanol–water partition coefficient (Wildman–Crippen LogP) is -0.636. The zero-order valence-corrected chi connectivity index (χ0v) is 13.2. The van der Waals surface area contributed by atoms with E-state index in [2.05, 4.69) is 15.5 Å². The molecule has 0 aromatic rings. The number of likely N-dealkylation sites (tertiary alicyclic amines) is 1. The molecule has 1 amide bonds. The fraction of sp³-hybridized carbons (Fsp3) is 0.929. The summed E-state index contributed by atoms with van der Waals surface area (Å²) < 4.78 is 23.1. The summed E-state index contributed by atoms with van der Waals surface area (Å²) in [4.78, 5) is 14.5. The van der Waals surface area contributed by atoms with Crippen molar-refractivity contribution in [2.75, 3.05) is 37.7 Å². The number of sulfone groups is 1. The maximum absolute atomic E-state index is 11.9. The fourth-order valence-corrected chi connectivity index (χ4v) is 4.80. The van der Waals surface area contributed by atoms with Crippen LogP contribution in [0.25, 0.3) is 0 Å². The van der Waals surface area contributed by atoms with Crippen molar-refractivity contribution < 1.29 is 13.2 Å². The molecule has 3 fully saturated rings. The van der Waals surface area contributed by atoms with Crippen LogP contribution < -0.4 is 10.6 Å². The molecular formula is C14H25N3O3S. The zero-order chi connectivity index (χ0) is 14.9. The van der Waals surface area contributed by atoms with Gasteiger partial charge in [-0.3, -0.25) is 4.79 Å². The summed E-state index contributed by atoms with van der Waals surface area (Å²) in [7, 11) is -2.97. The lowest BCUT2D eigenvalue weighted by Gasteiger charge is -2.23. The summed E-state index contributed by atoms with van der Waals surface area (Å²) in [5, 5.41) is 6.09. The maximum atomic E-state index is 11.9. The summed E-state index contributed by atoms with van der Waals surface area (Å²) in [6.07, 6.45) is 4.09. The molecular weight excluding hydrogens is 290 g/mol. The fourth-order valence-electron chi connectivity index (χ4n) is 3.35. The largest absolute Gasteiger partial charge is 0.356 e. The lowest BCUT2D eigenvalue weighted by molar-refractivity contribution is -0.121. The second-order valence-electron chi connectivity index (χ2n) is 6.65. The first kappa shape index (κ1) is 15.2. The second kappa shape index (κ2) is 6.22. The quantitative estimate of drug-likeness (QED) is 0.706. The third kappa shape index (κ3) is 4.40. The third-order valence-electron chi connectivity index (χ3n) is 4.70. The molecule has 2 atom stereocenters. The van der Waals surface area contributed by atoms with E-state index in [1.54, 1.807) is 0 Å². The molecule has 2 heterocycles. The average Bonchev–Trinajstić information content (AvgIpc) is 3.15. The summed E-state index contributed by atoms with van der Waals surface area (Å²) in [6.45, 7) is 3.44. The second-order valence-corrected chi connectivity index (χ2v) is 8.88. The number of nitrogens with zero attached hydrogens (tertiary/aromatic N) is 1. The SMILES string of the molecule is O=C(CC1CS(=O)(=O)CCN1)NCC1CCN(C2CC2)C1. The van der Waals surface area contributed by atoms with Gasteiger partial charge in [-0.1, -0.05) is 0 Å². The summed E-state index contributed by atoms with van der Waals surface area (Å²) in [5.74, 6) is 0.788. The highest BCUT2D eigenvalue weighted by molar-refractivity contribution is 7.91. The number of hydrogen-bond donors (Lipinski definition) is 2. The molecule has 0 spiro atoms. The molecule has 1 saturated carbocycles. The Morgan fingerprint density at radius 1 is 1.29 bits per heavy atom. The van der Waals surface area contributed by atoms with E-state index < -0.39 is 9.84 Å². The van der Waals surface area contributed by atoms with Gasteiger partial charge in [0.2, 0.25) is 5.91 Å². The maximum Gasteiger partial charge on any atom is 0.221 e. The van der Waals surface area contributed by atoms with Crippen LogP contribution in [0.2, 0.25) is 0 Å². The number of amides is 1. The van der Waals surface area contributed by atoms with Crippen LogP contribution in [0.3, 0.4) is 0 Å². The molecule has 3 rings (SSSR count). The van der Waals surface area contributed by atoms with E-state index in [4.69, 9.17) is 0 Å². The van der Waals surface area contributed by atoms with Crippen LogP contribution in [-0.2, 0) is 14.6 Å². The van der Waals surface area contributed by atoms with Gasteiger partial charge in [0.25, 0.3) is 0 Å². The average molecular weight is 315 g/mol. The van der Waals surface area contributed by atoms with E-state index >= 15 is 0 Å². The standard InChI is InChI=1S/C14H25N3O3S/c18-14(7-12-10-21(19,20)6-4-15-12)16-8-11-3-5-17(9-11)13-1-2-13/h11-13,15H,1-10H2,(H,16,18). The van der Waals surface area contributed by atoms with Crippen molar-refractivity contribution in [3.63, 3.8) is 0 Å². The summed E-state index contributed by atoms with van der Waals surface area (Å²) in [6, 6.07) is 0.581. The van der Waals surface area contributed by atoms with Crippen molar-refractivity contribution in [3.8, 4) is 0 Å². The first-order valence-corrected chi connectivity index (χ1v) is 9.78. The zero-order valence-electron chi connectivity index (χ0n) is 12.4. The van der Waals surface area contributed by atoms with Gasteiger partial charge in [0.1, 0.15) is 0 Å². The predicted molar refractivity (Wildman–Crippen MR) is 80.8 cm³/mol. The lowest BCUT2D eigenvalue weighted by atomic mass is 10.1. The van der Waals surface area contributed by atoms with Gasteiger partial charge in [-0.15, -0.1) is 0 Å². The Kier molecular flexibility index (Phi) is 4.51. The summed E-state index contributed by atoms with van der Waals surface area (Å²) in [5.41, 5.74) is 0. The minimum Gasteiger partial charge on any atom is -0.356 e.